The van der Waals surface area contributed by atoms with Gasteiger partial charge >= 0.3 is 0 Å². The molecule has 0 aliphatic carbocycles. The van der Waals surface area contributed by atoms with Gasteiger partial charge in [-0.15, -0.1) is 0 Å². The molecule has 0 fully saturated rings. The van der Waals surface area contributed by atoms with E-state index >= 15 is 0 Å². The van der Waals surface area contributed by atoms with Crippen molar-refractivity contribution in [2.45, 2.75) is 12.8 Å². The van der Waals surface area contributed by atoms with Gasteiger partial charge in [0.05, 0.1) is 5.69 Å². The van der Waals surface area contributed by atoms with E-state index < -0.39 is 0 Å². The molecule has 2 rings (SSSR count). The average molecular weight is 210 g/mol. The number of benzene rings is 1. The minimum Gasteiger partial charge on any atom is -0.300 e. The second kappa shape index (κ2) is 4.33. The topological polar surface area (TPSA) is 36.4 Å². The molecular weight excluding hydrogens is 198 g/mol. The van der Waals surface area contributed by atoms with Gasteiger partial charge in [-0.25, -0.2) is 0 Å². The van der Waals surface area contributed by atoms with E-state index in [4.69, 9.17) is 11.6 Å². The monoisotopic (exact) mass is 209 g/mol. The molecule has 1 aromatic carbocycles. The molecule has 1 heterocycles. The Hall–Kier alpha value is -1.22. The van der Waals surface area contributed by atoms with E-state index in [-0.39, 0.29) is 0 Å². The fourth-order valence-electron chi connectivity index (χ4n) is 1.32. The van der Waals surface area contributed by atoms with Crippen LogP contribution in [0.3, 0.4) is 0 Å². The Morgan fingerprint density at radius 2 is 1.93 bits per heavy atom. The third-order valence-electron chi connectivity index (χ3n) is 2.07. The first-order chi connectivity index (χ1) is 6.84. The highest BCUT2D eigenvalue weighted by atomic mass is 35.5. The molecule has 1 aliphatic heterocycles. The van der Waals surface area contributed by atoms with E-state index in [1.165, 1.54) is 0 Å². The largest absolute Gasteiger partial charge is 0.300 e. The van der Waals surface area contributed by atoms with E-state index in [2.05, 4.69) is 15.8 Å². The summed E-state index contributed by atoms with van der Waals surface area (Å²) in [4.78, 5) is 4.29. The summed E-state index contributed by atoms with van der Waals surface area (Å²) in [6, 6.07) is 7.54. The van der Waals surface area contributed by atoms with Crippen LogP contribution < -0.4 is 10.9 Å². The molecule has 0 aromatic heterocycles. The van der Waals surface area contributed by atoms with Crippen LogP contribution in [0.4, 0.5) is 5.69 Å². The number of rotatable bonds is 2. The summed E-state index contributed by atoms with van der Waals surface area (Å²) in [6.07, 6.45) is 2.17. The van der Waals surface area contributed by atoms with Crippen LogP contribution in [0.25, 0.3) is 0 Å². The summed E-state index contributed by atoms with van der Waals surface area (Å²) < 4.78 is 0. The van der Waals surface area contributed by atoms with E-state index in [1.807, 2.05) is 24.3 Å². The molecule has 4 heteroatoms. The molecule has 0 amide bonds. The maximum atomic E-state index is 5.77. The van der Waals surface area contributed by atoms with Gasteiger partial charge in [0.15, 0.2) is 0 Å². The van der Waals surface area contributed by atoms with Crippen LogP contribution in [0.15, 0.2) is 29.3 Å². The highest BCUT2D eigenvalue weighted by molar-refractivity contribution is 6.30. The predicted octanol–water partition coefficient (Wildman–Crippen LogP) is 2.45. The normalized spacial score (nSPS) is 15.1. The third-order valence-corrected chi connectivity index (χ3v) is 2.32. The Balaban J connectivity index is 1.88. The van der Waals surface area contributed by atoms with Gasteiger partial charge in [-0.1, -0.05) is 11.6 Å². The molecule has 0 spiro atoms. The summed E-state index contributed by atoms with van der Waals surface area (Å²) >= 11 is 5.77. The molecule has 0 saturated heterocycles. The highest BCUT2D eigenvalue weighted by Crippen LogP contribution is 2.12. The Labute approximate surface area is 88.2 Å². The number of aliphatic imine (C=N–C) groups is 1. The first-order valence-electron chi connectivity index (χ1n) is 4.65. The highest BCUT2D eigenvalue weighted by Gasteiger charge is 2.04. The average Bonchev–Trinajstić information content (AvgIpc) is 2.70. The zero-order chi connectivity index (χ0) is 9.80. The van der Waals surface area contributed by atoms with Crippen LogP contribution in [-0.2, 0) is 0 Å². The summed E-state index contributed by atoms with van der Waals surface area (Å²) in [5.41, 5.74) is 7.14. The van der Waals surface area contributed by atoms with Crippen molar-refractivity contribution in [2.24, 2.45) is 4.99 Å². The van der Waals surface area contributed by atoms with Gasteiger partial charge in [0, 0.05) is 18.0 Å². The van der Waals surface area contributed by atoms with Crippen molar-refractivity contribution < 1.29 is 0 Å². The molecule has 2 N–H and O–H groups in total. The van der Waals surface area contributed by atoms with E-state index in [0.717, 1.165) is 35.9 Å². The van der Waals surface area contributed by atoms with Gasteiger partial charge in [0.2, 0.25) is 0 Å². The van der Waals surface area contributed by atoms with Gasteiger partial charge in [-0.05, 0) is 30.7 Å². The molecule has 0 radical (unpaired) electrons. The predicted molar refractivity (Wildman–Crippen MR) is 59.7 cm³/mol. The first kappa shape index (κ1) is 9.34. The molecule has 0 saturated carbocycles. The lowest BCUT2D eigenvalue weighted by Gasteiger charge is -2.08. The van der Waals surface area contributed by atoms with Crippen LogP contribution in [-0.4, -0.2) is 12.4 Å². The molecule has 1 aromatic rings. The second-order valence-corrected chi connectivity index (χ2v) is 3.63. The van der Waals surface area contributed by atoms with Crippen molar-refractivity contribution in [2.75, 3.05) is 12.0 Å². The van der Waals surface area contributed by atoms with Gasteiger partial charge in [-0.3, -0.25) is 15.8 Å². The Morgan fingerprint density at radius 3 is 2.57 bits per heavy atom. The minimum absolute atomic E-state index is 0.744. The lowest BCUT2D eigenvalue weighted by molar-refractivity contribution is 0.944. The van der Waals surface area contributed by atoms with Gasteiger partial charge in [-0.2, -0.15) is 0 Å². The second-order valence-electron chi connectivity index (χ2n) is 3.19. The zero-order valence-electron chi connectivity index (χ0n) is 7.76. The summed E-state index contributed by atoms with van der Waals surface area (Å²) in [5, 5.41) is 0.744. The van der Waals surface area contributed by atoms with Crippen LogP contribution in [0.2, 0.25) is 5.02 Å². The fraction of sp³-hybridized carbons (Fsp3) is 0.300. The standard InChI is InChI=1S/C10H12ClN3/c11-8-3-5-9(6-4-8)13-14-10-2-1-7-12-10/h3-6,13H,1-2,7H2,(H,12,14). The minimum atomic E-state index is 0.744. The SMILES string of the molecule is Clc1ccc(NNC2=NCCC2)cc1. The van der Waals surface area contributed by atoms with E-state index in [1.54, 1.807) is 0 Å². The number of hydrogen-bond donors (Lipinski definition) is 2. The van der Waals surface area contributed by atoms with Crippen LogP contribution in [0.1, 0.15) is 12.8 Å². The molecule has 74 valence electrons. The summed E-state index contributed by atoms with van der Waals surface area (Å²) in [5.74, 6) is 1.03. The molecular formula is C10H12ClN3. The van der Waals surface area contributed by atoms with E-state index in [0.29, 0.717) is 0 Å². The molecule has 0 atom stereocenters. The number of hydrazine groups is 1. The Bertz CT molecular complexity index is 332. The molecule has 3 nitrogen and oxygen atoms in total. The van der Waals surface area contributed by atoms with Crippen LogP contribution >= 0.6 is 11.6 Å². The zero-order valence-corrected chi connectivity index (χ0v) is 8.51. The van der Waals surface area contributed by atoms with Crippen LogP contribution in [0.5, 0.6) is 0 Å². The van der Waals surface area contributed by atoms with Crippen molar-refractivity contribution in [1.82, 2.24) is 5.43 Å². The number of anilines is 1. The maximum Gasteiger partial charge on any atom is 0.115 e. The number of nitrogens with one attached hydrogen (secondary N) is 2. The van der Waals surface area contributed by atoms with Crippen molar-refractivity contribution >= 4 is 23.1 Å². The first-order valence-corrected chi connectivity index (χ1v) is 5.03. The van der Waals surface area contributed by atoms with Gasteiger partial charge in [0.1, 0.15) is 5.84 Å². The van der Waals surface area contributed by atoms with Crippen LogP contribution in [0, 0.1) is 0 Å². The maximum absolute atomic E-state index is 5.77. The van der Waals surface area contributed by atoms with Crippen molar-refractivity contribution in [1.29, 1.82) is 0 Å². The smallest absolute Gasteiger partial charge is 0.115 e. The molecule has 0 bridgehead atoms. The summed E-state index contributed by atoms with van der Waals surface area (Å²) in [7, 11) is 0. The van der Waals surface area contributed by atoms with Gasteiger partial charge < -0.3 is 0 Å². The molecule has 1 aliphatic rings. The van der Waals surface area contributed by atoms with Crippen molar-refractivity contribution in [3.8, 4) is 0 Å². The van der Waals surface area contributed by atoms with Crippen molar-refractivity contribution in [3.05, 3.63) is 29.3 Å². The lowest BCUT2D eigenvalue weighted by Crippen LogP contribution is -2.27. The third kappa shape index (κ3) is 2.39. The lowest BCUT2D eigenvalue weighted by atomic mass is 10.3. The van der Waals surface area contributed by atoms with Crippen molar-refractivity contribution in [3.63, 3.8) is 0 Å². The number of hydrogen-bond acceptors (Lipinski definition) is 3. The molecule has 14 heavy (non-hydrogen) atoms. The fourth-order valence-corrected chi connectivity index (χ4v) is 1.45. The number of nitrogens with zero attached hydrogens (tertiary/aromatic N) is 1. The summed E-state index contributed by atoms with van der Waals surface area (Å²) in [6.45, 7) is 0.935. The van der Waals surface area contributed by atoms with Gasteiger partial charge in [0.25, 0.3) is 0 Å². The Morgan fingerprint density at radius 1 is 1.14 bits per heavy atom. The number of halogens is 1. The Kier molecular flexibility index (Phi) is 2.89. The van der Waals surface area contributed by atoms with E-state index in [9.17, 15) is 0 Å². The molecule has 0 unspecified atom stereocenters. The number of amidine groups is 1. The quantitative estimate of drug-likeness (QED) is 0.735.